The molecule has 0 aliphatic heterocycles. The van der Waals surface area contributed by atoms with E-state index in [2.05, 4.69) is 0 Å². The van der Waals surface area contributed by atoms with E-state index in [-0.39, 0.29) is 17.3 Å². The SMILES string of the molecule is CC(C=O)CC(Cc1ccc(-c2ccccc2)cc1)[N+](=O)[O-]. The van der Waals surface area contributed by atoms with Crippen LogP contribution < -0.4 is 0 Å². The maximum atomic E-state index is 11.1. The fourth-order valence-electron chi connectivity index (χ4n) is 2.46. The Hall–Kier alpha value is -2.49. The number of benzene rings is 2. The van der Waals surface area contributed by atoms with Crippen molar-refractivity contribution in [3.63, 3.8) is 0 Å². The molecule has 2 aromatic rings. The molecule has 0 spiro atoms. The van der Waals surface area contributed by atoms with E-state index in [1.54, 1.807) is 6.92 Å². The molecular formula is C18H19NO3. The van der Waals surface area contributed by atoms with Gasteiger partial charge in [-0.25, -0.2) is 0 Å². The Bertz CT molecular complexity index is 623. The molecule has 2 unspecified atom stereocenters. The topological polar surface area (TPSA) is 60.2 Å². The Morgan fingerprint density at radius 3 is 2.18 bits per heavy atom. The van der Waals surface area contributed by atoms with Gasteiger partial charge in [-0.1, -0.05) is 61.5 Å². The van der Waals surface area contributed by atoms with Gasteiger partial charge >= 0.3 is 0 Å². The van der Waals surface area contributed by atoms with Crippen LogP contribution in [0.1, 0.15) is 18.9 Å². The minimum Gasteiger partial charge on any atom is -0.303 e. The summed E-state index contributed by atoms with van der Waals surface area (Å²) in [6, 6.07) is 17.1. The molecule has 0 saturated heterocycles. The molecule has 2 rings (SSSR count). The normalized spacial score (nSPS) is 13.3. The van der Waals surface area contributed by atoms with Crippen LogP contribution in [0.5, 0.6) is 0 Å². The number of carbonyl (C=O) groups is 1. The predicted octanol–water partition coefficient (Wildman–Crippen LogP) is 3.77. The van der Waals surface area contributed by atoms with E-state index in [1.807, 2.05) is 54.6 Å². The molecule has 0 aromatic heterocycles. The second-order valence-electron chi connectivity index (χ2n) is 5.56. The zero-order chi connectivity index (χ0) is 15.9. The zero-order valence-corrected chi connectivity index (χ0v) is 12.5. The van der Waals surface area contributed by atoms with Crippen LogP contribution in [0.3, 0.4) is 0 Å². The first-order chi connectivity index (χ1) is 10.6. The summed E-state index contributed by atoms with van der Waals surface area (Å²) >= 11 is 0. The largest absolute Gasteiger partial charge is 0.303 e. The molecule has 4 nitrogen and oxygen atoms in total. The first-order valence-electron chi connectivity index (χ1n) is 7.33. The molecule has 0 radical (unpaired) electrons. The van der Waals surface area contributed by atoms with Crippen molar-refractivity contribution in [2.75, 3.05) is 0 Å². The van der Waals surface area contributed by atoms with Crippen LogP contribution in [0.2, 0.25) is 0 Å². The molecule has 2 atom stereocenters. The quantitative estimate of drug-likeness (QED) is 0.444. The van der Waals surface area contributed by atoms with Crippen molar-refractivity contribution in [3.05, 3.63) is 70.3 Å². The fourth-order valence-corrected chi connectivity index (χ4v) is 2.46. The van der Waals surface area contributed by atoms with Crippen molar-refractivity contribution < 1.29 is 9.72 Å². The fraction of sp³-hybridized carbons (Fsp3) is 0.278. The Balaban J connectivity index is 2.09. The van der Waals surface area contributed by atoms with Crippen LogP contribution in [0.25, 0.3) is 11.1 Å². The summed E-state index contributed by atoms with van der Waals surface area (Å²) in [5.74, 6) is -0.293. The minimum absolute atomic E-state index is 0.275. The van der Waals surface area contributed by atoms with Gasteiger partial charge in [0.1, 0.15) is 6.29 Å². The van der Waals surface area contributed by atoms with Gasteiger partial charge in [0.15, 0.2) is 0 Å². The van der Waals surface area contributed by atoms with E-state index < -0.39 is 6.04 Å². The van der Waals surface area contributed by atoms with Gasteiger partial charge in [-0.3, -0.25) is 10.1 Å². The summed E-state index contributed by atoms with van der Waals surface area (Å²) in [4.78, 5) is 21.5. The van der Waals surface area contributed by atoms with E-state index in [9.17, 15) is 14.9 Å². The monoisotopic (exact) mass is 297 g/mol. The van der Waals surface area contributed by atoms with Crippen molar-refractivity contribution in [2.24, 2.45) is 5.92 Å². The van der Waals surface area contributed by atoms with Crippen LogP contribution in [0.4, 0.5) is 0 Å². The minimum atomic E-state index is -0.720. The molecule has 0 fully saturated rings. The molecule has 0 heterocycles. The highest BCUT2D eigenvalue weighted by Gasteiger charge is 2.23. The smallest absolute Gasteiger partial charge is 0.217 e. The van der Waals surface area contributed by atoms with Crippen molar-refractivity contribution in [3.8, 4) is 11.1 Å². The lowest BCUT2D eigenvalue weighted by atomic mass is 9.96. The number of aldehydes is 1. The predicted molar refractivity (Wildman–Crippen MR) is 86.2 cm³/mol. The first kappa shape index (κ1) is 15.9. The van der Waals surface area contributed by atoms with Crippen LogP contribution in [-0.4, -0.2) is 17.3 Å². The molecule has 2 aromatic carbocycles. The lowest BCUT2D eigenvalue weighted by Gasteiger charge is -2.11. The third-order valence-electron chi connectivity index (χ3n) is 3.71. The van der Waals surface area contributed by atoms with Crippen molar-refractivity contribution in [1.29, 1.82) is 0 Å². The summed E-state index contributed by atoms with van der Waals surface area (Å²) in [5.41, 5.74) is 3.12. The maximum Gasteiger partial charge on any atom is 0.217 e. The van der Waals surface area contributed by atoms with E-state index in [0.29, 0.717) is 6.42 Å². The lowest BCUT2D eigenvalue weighted by Crippen LogP contribution is -2.25. The van der Waals surface area contributed by atoms with Crippen LogP contribution in [-0.2, 0) is 11.2 Å². The van der Waals surface area contributed by atoms with Crippen molar-refractivity contribution in [1.82, 2.24) is 0 Å². The van der Waals surface area contributed by atoms with E-state index in [1.165, 1.54) is 0 Å². The van der Waals surface area contributed by atoms with E-state index in [4.69, 9.17) is 0 Å². The van der Waals surface area contributed by atoms with Gasteiger partial charge in [-0.05, 0) is 16.7 Å². The second-order valence-corrected chi connectivity index (χ2v) is 5.56. The summed E-state index contributed by atoms with van der Waals surface area (Å²) < 4.78 is 0. The standard InChI is InChI=1S/C18H19NO3/c1-14(13-20)11-18(19(21)22)12-15-7-9-17(10-8-15)16-5-3-2-4-6-16/h2-10,13-14,18H,11-12H2,1H3. The molecule has 0 aliphatic rings. The Morgan fingerprint density at radius 1 is 1.05 bits per heavy atom. The van der Waals surface area contributed by atoms with Gasteiger partial charge in [0.25, 0.3) is 0 Å². The van der Waals surface area contributed by atoms with Crippen molar-refractivity contribution >= 4 is 6.29 Å². The molecular weight excluding hydrogens is 278 g/mol. The molecule has 0 N–H and O–H groups in total. The van der Waals surface area contributed by atoms with Crippen molar-refractivity contribution in [2.45, 2.75) is 25.8 Å². The highest BCUT2D eigenvalue weighted by atomic mass is 16.6. The maximum absolute atomic E-state index is 11.1. The number of hydrogen-bond acceptors (Lipinski definition) is 3. The van der Waals surface area contributed by atoms with Gasteiger partial charge in [0, 0.05) is 23.7 Å². The highest BCUT2D eigenvalue weighted by molar-refractivity contribution is 5.63. The van der Waals surface area contributed by atoms with Gasteiger partial charge in [0.05, 0.1) is 0 Å². The molecule has 4 heteroatoms. The van der Waals surface area contributed by atoms with E-state index in [0.717, 1.165) is 23.0 Å². The molecule has 0 saturated carbocycles. The van der Waals surface area contributed by atoms with Gasteiger partial charge in [-0.2, -0.15) is 0 Å². The van der Waals surface area contributed by atoms with Gasteiger partial charge in [0.2, 0.25) is 6.04 Å². The zero-order valence-electron chi connectivity index (χ0n) is 12.5. The first-order valence-corrected chi connectivity index (χ1v) is 7.33. The number of nitrogens with zero attached hydrogens (tertiary/aromatic N) is 1. The Morgan fingerprint density at radius 2 is 1.64 bits per heavy atom. The molecule has 22 heavy (non-hydrogen) atoms. The summed E-state index contributed by atoms with van der Waals surface area (Å²) in [6.45, 7) is 1.71. The van der Waals surface area contributed by atoms with Crippen LogP contribution >= 0.6 is 0 Å². The summed E-state index contributed by atoms with van der Waals surface area (Å²) in [7, 11) is 0. The molecule has 0 amide bonds. The lowest BCUT2D eigenvalue weighted by molar-refractivity contribution is -0.523. The second kappa shape index (κ2) is 7.50. The number of nitro groups is 1. The van der Waals surface area contributed by atoms with Crippen LogP contribution in [0.15, 0.2) is 54.6 Å². The number of carbonyl (C=O) groups excluding carboxylic acids is 1. The highest BCUT2D eigenvalue weighted by Crippen LogP contribution is 2.20. The third kappa shape index (κ3) is 4.25. The average molecular weight is 297 g/mol. The molecule has 114 valence electrons. The summed E-state index contributed by atoms with van der Waals surface area (Å²) in [5, 5.41) is 11.1. The van der Waals surface area contributed by atoms with E-state index >= 15 is 0 Å². The third-order valence-corrected chi connectivity index (χ3v) is 3.71. The van der Waals surface area contributed by atoms with Crippen LogP contribution in [0, 0.1) is 16.0 Å². The molecule has 0 aliphatic carbocycles. The Kier molecular flexibility index (Phi) is 5.42. The summed E-state index contributed by atoms with van der Waals surface area (Å²) in [6.07, 6.45) is 1.40. The number of rotatable bonds is 7. The molecule has 0 bridgehead atoms. The Labute approximate surface area is 129 Å². The number of hydrogen-bond donors (Lipinski definition) is 0. The van der Waals surface area contributed by atoms with Gasteiger partial charge in [-0.15, -0.1) is 0 Å². The van der Waals surface area contributed by atoms with Gasteiger partial charge < -0.3 is 4.79 Å². The average Bonchev–Trinajstić information content (AvgIpc) is 2.55.